The molecular formula is C20H22ClN5O. The largest absolute Gasteiger partial charge is 0.369 e. The van der Waals surface area contributed by atoms with Crippen molar-refractivity contribution in [3.05, 3.63) is 65.1 Å². The number of halogens is 1. The van der Waals surface area contributed by atoms with E-state index in [0.29, 0.717) is 16.6 Å². The van der Waals surface area contributed by atoms with Crippen LogP contribution in [0.1, 0.15) is 23.0 Å². The molecule has 4 rings (SSSR count). The summed E-state index contributed by atoms with van der Waals surface area (Å²) < 4.78 is 1.97. The molecular weight excluding hydrogens is 362 g/mol. The van der Waals surface area contributed by atoms with Crippen molar-refractivity contribution in [2.24, 2.45) is 5.73 Å². The van der Waals surface area contributed by atoms with Crippen molar-refractivity contribution in [2.45, 2.75) is 19.5 Å². The quantitative estimate of drug-likeness (QED) is 0.752. The van der Waals surface area contributed by atoms with Crippen molar-refractivity contribution >= 4 is 28.8 Å². The van der Waals surface area contributed by atoms with Gasteiger partial charge in [-0.15, -0.1) is 0 Å². The van der Waals surface area contributed by atoms with Gasteiger partial charge in [-0.1, -0.05) is 11.6 Å². The summed E-state index contributed by atoms with van der Waals surface area (Å²) in [5.41, 5.74) is 8.93. The molecule has 0 saturated carbocycles. The first-order valence-corrected chi connectivity index (χ1v) is 9.39. The highest BCUT2D eigenvalue weighted by Gasteiger charge is 2.24. The molecule has 1 fully saturated rings. The van der Waals surface area contributed by atoms with Gasteiger partial charge in [0.2, 0.25) is 5.91 Å². The second-order valence-corrected chi connectivity index (χ2v) is 7.46. The number of pyridine rings is 1. The molecule has 3 heterocycles. The first-order chi connectivity index (χ1) is 13.0. The average Bonchev–Trinajstić information content (AvgIpc) is 3.05. The van der Waals surface area contributed by atoms with E-state index in [1.807, 2.05) is 41.1 Å². The summed E-state index contributed by atoms with van der Waals surface area (Å²) in [6.45, 7) is 5.85. The van der Waals surface area contributed by atoms with Gasteiger partial charge < -0.3 is 15.0 Å². The van der Waals surface area contributed by atoms with Crippen LogP contribution in [0.4, 0.5) is 5.69 Å². The number of carbonyl (C=O) groups is 1. The van der Waals surface area contributed by atoms with E-state index in [9.17, 15) is 4.79 Å². The average molecular weight is 384 g/mol. The SMILES string of the molecule is CC1CN(c2ccc(C(N)=O)cc2)CCN1Cc1cn2cc(Cl)ccc2n1. The molecule has 1 aromatic carbocycles. The van der Waals surface area contributed by atoms with E-state index in [1.54, 1.807) is 12.1 Å². The number of hydrogen-bond donors (Lipinski definition) is 1. The number of fused-ring (bicyclic) bond motifs is 1. The molecule has 6 nitrogen and oxygen atoms in total. The molecule has 140 valence electrons. The standard InChI is InChI=1S/C20H22ClN5O/c1-14-10-25(18-5-2-15(3-6-18)20(22)27)9-8-24(14)12-17-13-26-11-16(21)4-7-19(26)23-17/h2-7,11,13-14H,8-10,12H2,1H3,(H2,22,27). The molecule has 1 aliphatic heterocycles. The molecule has 27 heavy (non-hydrogen) atoms. The second-order valence-electron chi connectivity index (χ2n) is 7.02. The lowest BCUT2D eigenvalue weighted by atomic mass is 10.1. The van der Waals surface area contributed by atoms with Crippen molar-refractivity contribution in [3.63, 3.8) is 0 Å². The van der Waals surface area contributed by atoms with Gasteiger partial charge in [-0.3, -0.25) is 9.69 Å². The number of piperazine rings is 1. The fraction of sp³-hybridized carbons (Fsp3) is 0.300. The lowest BCUT2D eigenvalue weighted by molar-refractivity contribution is 0.100. The maximum absolute atomic E-state index is 11.2. The van der Waals surface area contributed by atoms with Gasteiger partial charge in [-0.2, -0.15) is 0 Å². The zero-order valence-electron chi connectivity index (χ0n) is 15.2. The molecule has 0 aliphatic carbocycles. The number of benzene rings is 1. The monoisotopic (exact) mass is 383 g/mol. The highest BCUT2D eigenvalue weighted by molar-refractivity contribution is 6.30. The van der Waals surface area contributed by atoms with Crippen LogP contribution in [0.2, 0.25) is 5.02 Å². The van der Waals surface area contributed by atoms with Crippen molar-refractivity contribution in [2.75, 3.05) is 24.5 Å². The first-order valence-electron chi connectivity index (χ1n) is 9.01. The Balaban J connectivity index is 1.42. The third-order valence-electron chi connectivity index (χ3n) is 5.11. The Kier molecular flexibility index (Phi) is 4.76. The summed E-state index contributed by atoms with van der Waals surface area (Å²) in [4.78, 5) is 20.7. The molecule has 1 aliphatic rings. The van der Waals surface area contributed by atoms with Crippen molar-refractivity contribution in [1.29, 1.82) is 0 Å². The first kappa shape index (κ1) is 17.8. The molecule has 2 N–H and O–H groups in total. The number of primary amides is 1. The van der Waals surface area contributed by atoms with Gasteiger partial charge in [-0.05, 0) is 43.3 Å². The van der Waals surface area contributed by atoms with Gasteiger partial charge in [0, 0.05) is 55.9 Å². The van der Waals surface area contributed by atoms with Gasteiger partial charge >= 0.3 is 0 Å². The minimum Gasteiger partial charge on any atom is -0.369 e. The van der Waals surface area contributed by atoms with Gasteiger partial charge in [0.25, 0.3) is 0 Å². The zero-order valence-corrected chi connectivity index (χ0v) is 15.9. The van der Waals surface area contributed by atoms with E-state index >= 15 is 0 Å². The highest BCUT2D eigenvalue weighted by Crippen LogP contribution is 2.21. The van der Waals surface area contributed by atoms with E-state index < -0.39 is 5.91 Å². The van der Waals surface area contributed by atoms with Crippen molar-refractivity contribution in [1.82, 2.24) is 14.3 Å². The van der Waals surface area contributed by atoms with E-state index in [4.69, 9.17) is 22.3 Å². The van der Waals surface area contributed by atoms with Crippen LogP contribution in [0.3, 0.4) is 0 Å². The molecule has 0 bridgehead atoms. The number of amides is 1. The van der Waals surface area contributed by atoms with Crippen LogP contribution in [-0.4, -0.2) is 45.9 Å². The molecule has 1 atom stereocenters. The summed E-state index contributed by atoms with van der Waals surface area (Å²) in [6, 6.07) is 11.7. The predicted molar refractivity (Wildman–Crippen MR) is 107 cm³/mol. The van der Waals surface area contributed by atoms with Crippen LogP contribution >= 0.6 is 11.6 Å². The van der Waals surface area contributed by atoms with E-state index in [1.165, 1.54) is 0 Å². The third kappa shape index (κ3) is 3.77. The molecule has 3 aromatic rings. The van der Waals surface area contributed by atoms with Crippen LogP contribution in [0, 0.1) is 0 Å². The van der Waals surface area contributed by atoms with E-state index in [2.05, 4.69) is 16.7 Å². The minimum atomic E-state index is -0.395. The van der Waals surface area contributed by atoms with E-state index in [-0.39, 0.29) is 0 Å². The van der Waals surface area contributed by atoms with Crippen molar-refractivity contribution in [3.8, 4) is 0 Å². The lowest BCUT2D eigenvalue weighted by Gasteiger charge is -2.40. The maximum atomic E-state index is 11.2. The number of nitrogens with zero attached hydrogens (tertiary/aromatic N) is 4. The topological polar surface area (TPSA) is 66.9 Å². The van der Waals surface area contributed by atoms with E-state index in [0.717, 1.165) is 43.2 Å². The van der Waals surface area contributed by atoms with Gasteiger partial charge in [0.15, 0.2) is 0 Å². The fourth-order valence-electron chi connectivity index (χ4n) is 3.60. The second kappa shape index (κ2) is 7.21. The Hall–Kier alpha value is -2.57. The van der Waals surface area contributed by atoms with Gasteiger partial charge in [0.05, 0.1) is 10.7 Å². The molecule has 1 amide bonds. The normalized spacial score (nSPS) is 18.1. The fourth-order valence-corrected chi connectivity index (χ4v) is 3.77. The smallest absolute Gasteiger partial charge is 0.248 e. The number of nitrogens with two attached hydrogens (primary N) is 1. The Morgan fingerprint density at radius 2 is 1.96 bits per heavy atom. The number of anilines is 1. The van der Waals surface area contributed by atoms with Gasteiger partial charge in [-0.25, -0.2) is 4.98 Å². The number of aromatic nitrogens is 2. The number of rotatable bonds is 4. The Morgan fingerprint density at radius 3 is 2.67 bits per heavy atom. The number of carbonyl (C=O) groups excluding carboxylic acids is 1. The zero-order chi connectivity index (χ0) is 19.0. The van der Waals surface area contributed by atoms with Crippen LogP contribution in [0.15, 0.2) is 48.8 Å². The maximum Gasteiger partial charge on any atom is 0.248 e. The third-order valence-corrected chi connectivity index (χ3v) is 5.34. The summed E-state index contributed by atoms with van der Waals surface area (Å²) in [5, 5.41) is 0.704. The molecule has 1 saturated heterocycles. The van der Waals surface area contributed by atoms with Crippen LogP contribution in [0.5, 0.6) is 0 Å². The Bertz CT molecular complexity index is 968. The summed E-state index contributed by atoms with van der Waals surface area (Å²) in [5.74, 6) is -0.395. The van der Waals surface area contributed by atoms with Crippen LogP contribution in [-0.2, 0) is 6.54 Å². The lowest BCUT2D eigenvalue weighted by Crippen LogP contribution is -2.51. The summed E-state index contributed by atoms with van der Waals surface area (Å²) in [6.07, 6.45) is 3.92. The minimum absolute atomic E-state index is 0.392. The predicted octanol–water partition coefficient (Wildman–Crippen LogP) is 2.80. The number of hydrogen-bond acceptors (Lipinski definition) is 4. The molecule has 1 unspecified atom stereocenters. The Labute approximate surface area is 163 Å². The van der Waals surface area contributed by atoms with Crippen LogP contribution < -0.4 is 10.6 Å². The van der Waals surface area contributed by atoms with Crippen LogP contribution in [0.25, 0.3) is 5.65 Å². The summed E-state index contributed by atoms with van der Waals surface area (Å²) >= 11 is 6.05. The van der Waals surface area contributed by atoms with Gasteiger partial charge in [0.1, 0.15) is 5.65 Å². The molecule has 0 radical (unpaired) electrons. The molecule has 0 spiro atoms. The Morgan fingerprint density at radius 1 is 1.19 bits per heavy atom. The van der Waals surface area contributed by atoms with Crippen molar-refractivity contribution < 1.29 is 4.79 Å². The molecule has 2 aromatic heterocycles. The summed E-state index contributed by atoms with van der Waals surface area (Å²) in [7, 11) is 0. The molecule has 7 heteroatoms. The highest BCUT2D eigenvalue weighted by atomic mass is 35.5. The number of imidazole rings is 1.